The molecule has 0 radical (unpaired) electrons. The number of aromatic nitrogens is 2. The Hall–Kier alpha value is -3.41. The van der Waals surface area contributed by atoms with Crippen molar-refractivity contribution in [2.24, 2.45) is 9.98 Å². The maximum Gasteiger partial charge on any atom is 0.137 e. The number of nitrogens with zero attached hydrogens (tertiary/aromatic N) is 4. The van der Waals surface area contributed by atoms with E-state index in [2.05, 4.69) is 68.2 Å². The molecule has 4 heterocycles. The second-order valence-electron chi connectivity index (χ2n) is 6.62. The molecule has 2 aromatic heterocycles. The fourth-order valence-corrected chi connectivity index (χ4v) is 3.35. The van der Waals surface area contributed by atoms with Crippen molar-refractivity contribution in [1.29, 1.82) is 0 Å². The van der Waals surface area contributed by atoms with E-state index in [0.717, 1.165) is 65.9 Å². The van der Waals surface area contributed by atoms with Gasteiger partial charge >= 0.3 is 0 Å². The van der Waals surface area contributed by atoms with Gasteiger partial charge in [-0.25, -0.2) is 4.98 Å². The molecule has 134 valence electrons. The number of rotatable bonds is 4. The topological polar surface area (TPSA) is 66.1 Å². The van der Waals surface area contributed by atoms with Crippen molar-refractivity contribution < 1.29 is 0 Å². The molecule has 0 fully saturated rings. The van der Waals surface area contributed by atoms with Crippen LogP contribution in [0.1, 0.15) is 22.4 Å². The first-order chi connectivity index (χ1) is 13.3. The van der Waals surface area contributed by atoms with Gasteiger partial charge in [-0.15, -0.1) is 0 Å². The third-order valence-corrected chi connectivity index (χ3v) is 4.72. The quantitative estimate of drug-likeness (QED) is 0.753. The summed E-state index contributed by atoms with van der Waals surface area (Å²) in [5, 5.41) is 6.60. The van der Waals surface area contributed by atoms with Crippen molar-refractivity contribution in [2.75, 3.05) is 26.2 Å². The van der Waals surface area contributed by atoms with Gasteiger partial charge in [0.2, 0.25) is 0 Å². The van der Waals surface area contributed by atoms with Crippen LogP contribution in [0, 0.1) is 0 Å². The monoisotopic (exact) mass is 356 g/mol. The van der Waals surface area contributed by atoms with Crippen LogP contribution in [0.3, 0.4) is 0 Å². The van der Waals surface area contributed by atoms with Crippen LogP contribution in [0.2, 0.25) is 0 Å². The zero-order valence-electron chi connectivity index (χ0n) is 14.9. The number of hydrogen-bond acceptors (Lipinski definition) is 5. The molecular weight excluding hydrogens is 336 g/mol. The van der Waals surface area contributed by atoms with Crippen molar-refractivity contribution >= 4 is 29.5 Å². The van der Waals surface area contributed by atoms with Crippen LogP contribution in [0.4, 0.5) is 0 Å². The average Bonchev–Trinajstić information content (AvgIpc) is 3.47. The number of pyridine rings is 1. The van der Waals surface area contributed by atoms with Crippen LogP contribution in [-0.4, -0.2) is 47.2 Å². The SMILES string of the molecule is C(=C\c1cn2cc(C3=NCCN3)ccc2n1)/c1ccc(C2=NCCN2)cc1. The lowest BCUT2D eigenvalue weighted by Crippen LogP contribution is -2.19. The highest BCUT2D eigenvalue weighted by Crippen LogP contribution is 2.13. The Bertz CT molecular complexity index is 1070. The van der Waals surface area contributed by atoms with Crippen LogP contribution in [0.15, 0.2) is 58.8 Å². The Balaban J connectivity index is 1.35. The molecule has 0 saturated carbocycles. The van der Waals surface area contributed by atoms with Gasteiger partial charge in [-0.3, -0.25) is 9.98 Å². The van der Waals surface area contributed by atoms with Gasteiger partial charge in [0.1, 0.15) is 17.3 Å². The molecular formula is C21H20N6. The summed E-state index contributed by atoms with van der Waals surface area (Å²) in [7, 11) is 0. The molecule has 0 aliphatic carbocycles. The minimum absolute atomic E-state index is 0.841. The number of benzene rings is 1. The van der Waals surface area contributed by atoms with E-state index in [1.54, 1.807) is 0 Å². The lowest BCUT2D eigenvalue weighted by molar-refractivity contribution is 0.959. The minimum Gasteiger partial charge on any atom is -0.368 e. The molecule has 0 unspecified atom stereocenters. The molecule has 6 heteroatoms. The van der Waals surface area contributed by atoms with Crippen LogP contribution < -0.4 is 10.6 Å². The summed E-state index contributed by atoms with van der Waals surface area (Å²) in [6.07, 6.45) is 8.23. The van der Waals surface area contributed by atoms with Crippen LogP contribution >= 0.6 is 0 Å². The Kier molecular flexibility index (Phi) is 3.93. The molecule has 2 N–H and O–H groups in total. The molecule has 0 spiro atoms. The molecule has 2 aliphatic rings. The molecule has 5 rings (SSSR count). The van der Waals surface area contributed by atoms with Crippen molar-refractivity contribution in [2.45, 2.75) is 0 Å². The molecule has 0 atom stereocenters. The zero-order valence-corrected chi connectivity index (χ0v) is 14.9. The minimum atomic E-state index is 0.841. The van der Waals surface area contributed by atoms with E-state index >= 15 is 0 Å². The summed E-state index contributed by atoms with van der Waals surface area (Å²) in [5.41, 5.74) is 5.22. The Labute approximate surface area is 157 Å². The molecule has 1 aromatic carbocycles. The van der Waals surface area contributed by atoms with Gasteiger partial charge in [-0.1, -0.05) is 30.3 Å². The first-order valence-electron chi connectivity index (χ1n) is 9.19. The third kappa shape index (κ3) is 3.21. The first kappa shape index (κ1) is 15.8. The normalized spacial score (nSPS) is 16.4. The van der Waals surface area contributed by atoms with E-state index in [1.807, 2.05) is 22.7 Å². The van der Waals surface area contributed by atoms with Crippen molar-refractivity contribution in [3.63, 3.8) is 0 Å². The van der Waals surface area contributed by atoms with Crippen LogP contribution in [0.5, 0.6) is 0 Å². The molecule has 6 nitrogen and oxygen atoms in total. The van der Waals surface area contributed by atoms with E-state index in [0.29, 0.717) is 0 Å². The van der Waals surface area contributed by atoms with E-state index in [4.69, 9.17) is 0 Å². The van der Waals surface area contributed by atoms with Gasteiger partial charge in [0, 0.05) is 36.6 Å². The first-order valence-corrected chi connectivity index (χ1v) is 9.19. The zero-order chi connectivity index (χ0) is 18.1. The highest BCUT2D eigenvalue weighted by atomic mass is 15.1. The van der Waals surface area contributed by atoms with Gasteiger partial charge < -0.3 is 15.0 Å². The number of imidazole rings is 1. The molecule has 27 heavy (non-hydrogen) atoms. The number of aliphatic imine (C=N–C) groups is 2. The predicted octanol–water partition coefficient (Wildman–Crippen LogP) is 2.20. The Morgan fingerprint density at radius 1 is 0.778 bits per heavy atom. The van der Waals surface area contributed by atoms with Gasteiger partial charge in [0.25, 0.3) is 0 Å². The van der Waals surface area contributed by atoms with Crippen LogP contribution in [0.25, 0.3) is 17.8 Å². The summed E-state index contributed by atoms with van der Waals surface area (Å²) < 4.78 is 2.05. The van der Waals surface area contributed by atoms with Gasteiger partial charge in [0.05, 0.1) is 18.8 Å². The summed E-state index contributed by atoms with van der Waals surface area (Å²) in [5.74, 6) is 1.95. The highest BCUT2D eigenvalue weighted by Gasteiger charge is 2.09. The molecule has 0 amide bonds. The summed E-state index contributed by atoms with van der Waals surface area (Å²) in [4.78, 5) is 13.6. The van der Waals surface area contributed by atoms with E-state index in [9.17, 15) is 0 Å². The largest absolute Gasteiger partial charge is 0.368 e. The smallest absolute Gasteiger partial charge is 0.137 e. The van der Waals surface area contributed by atoms with E-state index in [1.165, 1.54) is 0 Å². The molecule has 3 aromatic rings. The third-order valence-electron chi connectivity index (χ3n) is 4.72. The Morgan fingerprint density at radius 2 is 1.48 bits per heavy atom. The lowest BCUT2D eigenvalue weighted by atomic mass is 10.1. The maximum atomic E-state index is 4.66. The average molecular weight is 356 g/mol. The lowest BCUT2D eigenvalue weighted by Gasteiger charge is -2.02. The van der Waals surface area contributed by atoms with Crippen LogP contribution in [-0.2, 0) is 0 Å². The molecule has 0 bridgehead atoms. The van der Waals surface area contributed by atoms with Crippen molar-refractivity contribution in [3.05, 3.63) is 71.2 Å². The number of fused-ring (bicyclic) bond motifs is 1. The van der Waals surface area contributed by atoms with Gasteiger partial charge in [-0.2, -0.15) is 0 Å². The maximum absolute atomic E-state index is 4.66. The fourth-order valence-electron chi connectivity index (χ4n) is 3.35. The number of hydrogen-bond donors (Lipinski definition) is 2. The second kappa shape index (κ2) is 6.72. The standard InChI is InChI=1S/C21H20N6/c1-4-16(20-22-9-10-23-20)5-2-15(1)3-7-18-14-27-13-17(6-8-19(27)26-18)21-24-11-12-25-21/h1-8,13-14H,9-12H2,(H,22,23)(H,24,25)/b7-3+. The van der Waals surface area contributed by atoms with Crippen molar-refractivity contribution in [1.82, 2.24) is 20.0 Å². The fraction of sp³-hybridized carbons (Fsp3) is 0.190. The molecule has 2 aliphatic heterocycles. The van der Waals surface area contributed by atoms with Gasteiger partial charge in [0.15, 0.2) is 0 Å². The van der Waals surface area contributed by atoms with Gasteiger partial charge in [-0.05, 0) is 23.8 Å². The summed E-state index contributed by atoms with van der Waals surface area (Å²) in [6.45, 7) is 3.53. The summed E-state index contributed by atoms with van der Waals surface area (Å²) in [6, 6.07) is 12.5. The number of nitrogens with one attached hydrogen (secondary N) is 2. The Morgan fingerprint density at radius 3 is 2.19 bits per heavy atom. The predicted molar refractivity (Wildman–Crippen MR) is 109 cm³/mol. The summed E-state index contributed by atoms with van der Waals surface area (Å²) >= 11 is 0. The molecule has 0 saturated heterocycles. The second-order valence-corrected chi connectivity index (χ2v) is 6.62. The van der Waals surface area contributed by atoms with E-state index in [-0.39, 0.29) is 0 Å². The highest BCUT2D eigenvalue weighted by molar-refractivity contribution is 6.00. The van der Waals surface area contributed by atoms with Crippen molar-refractivity contribution in [3.8, 4) is 0 Å². The van der Waals surface area contributed by atoms with E-state index < -0.39 is 0 Å². The number of amidine groups is 2.